The maximum atomic E-state index is 5.85. The molecule has 1 aliphatic carbocycles. The Labute approximate surface area is 91.1 Å². The largest absolute Gasteiger partial charge is 0.461 e. The summed E-state index contributed by atoms with van der Waals surface area (Å²) in [5.74, 6) is 2.03. The van der Waals surface area contributed by atoms with Crippen molar-refractivity contribution >= 4 is 0 Å². The fourth-order valence-corrected chi connectivity index (χ4v) is 1.62. The van der Waals surface area contributed by atoms with Crippen molar-refractivity contribution in [3.05, 3.63) is 53.3 Å². The molecular weight excluding hydrogens is 184 g/mol. The van der Waals surface area contributed by atoms with Crippen molar-refractivity contribution in [2.75, 3.05) is 0 Å². The van der Waals surface area contributed by atoms with Crippen LogP contribution in [0.15, 0.2) is 47.7 Å². The van der Waals surface area contributed by atoms with Crippen LogP contribution in [0, 0.1) is 6.92 Å². The van der Waals surface area contributed by atoms with Crippen LogP contribution < -0.4 is 4.74 Å². The zero-order valence-corrected chi connectivity index (χ0v) is 9.29. The average molecular weight is 200 g/mol. The molecule has 1 aliphatic rings. The van der Waals surface area contributed by atoms with E-state index in [1.54, 1.807) is 0 Å². The van der Waals surface area contributed by atoms with Crippen molar-refractivity contribution in [1.82, 2.24) is 0 Å². The van der Waals surface area contributed by atoms with Crippen LogP contribution in [0.25, 0.3) is 0 Å². The molecule has 0 radical (unpaired) electrons. The maximum Gasteiger partial charge on any atom is 0.129 e. The monoisotopic (exact) mass is 200 g/mol. The Kier molecular flexibility index (Phi) is 2.91. The highest BCUT2D eigenvalue weighted by Gasteiger charge is 2.06. The highest BCUT2D eigenvalue weighted by molar-refractivity contribution is 5.34. The molecule has 1 nitrogen and oxygen atoms in total. The third-order valence-corrected chi connectivity index (χ3v) is 2.65. The van der Waals surface area contributed by atoms with Crippen molar-refractivity contribution in [2.45, 2.75) is 26.7 Å². The molecule has 0 N–H and O–H groups in total. The van der Waals surface area contributed by atoms with Crippen molar-refractivity contribution in [3.8, 4) is 5.75 Å². The van der Waals surface area contributed by atoms with Gasteiger partial charge in [0.25, 0.3) is 0 Å². The van der Waals surface area contributed by atoms with Crippen molar-refractivity contribution in [1.29, 1.82) is 0 Å². The van der Waals surface area contributed by atoms with Crippen molar-refractivity contribution in [2.24, 2.45) is 0 Å². The lowest BCUT2D eigenvalue weighted by molar-refractivity contribution is 0.398. The quantitative estimate of drug-likeness (QED) is 0.701. The van der Waals surface area contributed by atoms with E-state index < -0.39 is 0 Å². The highest BCUT2D eigenvalue weighted by Crippen LogP contribution is 2.24. The number of ether oxygens (including phenoxy) is 1. The maximum absolute atomic E-state index is 5.85. The van der Waals surface area contributed by atoms with E-state index in [2.05, 4.69) is 32.1 Å². The Morgan fingerprint density at radius 2 is 1.80 bits per heavy atom. The smallest absolute Gasteiger partial charge is 0.129 e. The minimum absolute atomic E-state index is 0.969. The van der Waals surface area contributed by atoms with Crippen LogP contribution in [0.3, 0.4) is 0 Å². The van der Waals surface area contributed by atoms with Crippen LogP contribution in [-0.4, -0.2) is 0 Å². The first kappa shape index (κ1) is 10.0. The van der Waals surface area contributed by atoms with Crippen LogP contribution in [-0.2, 0) is 0 Å². The molecule has 0 amide bonds. The summed E-state index contributed by atoms with van der Waals surface area (Å²) in [6.07, 6.45) is 6.33. The highest BCUT2D eigenvalue weighted by atomic mass is 16.5. The van der Waals surface area contributed by atoms with Crippen molar-refractivity contribution in [3.63, 3.8) is 0 Å². The van der Waals surface area contributed by atoms with E-state index in [0.717, 1.165) is 24.4 Å². The SMILES string of the molecule is CC1=CC=C(Oc2ccccc2C)CC1. The Balaban J connectivity index is 2.13. The van der Waals surface area contributed by atoms with Gasteiger partial charge in [-0.3, -0.25) is 0 Å². The second-order valence-electron chi connectivity index (χ2n) is 4.01. The lowest BCUT2D eigenvalue weighted by atomic mass is 10.1. The summed E-state index contributed by atoms with van der Waals surface area (Å²) in [6, 6.07) is 8.12. The van der Waals surface area contributed by atoms with Gasteiger partial charge < -0.3 is 4.74 Å². The molecule has 0 bridgehead atoms. The molecule has 0 heterocycles. The second kappa shape index (κ2) is 4.35. The average Bonchev–Trinajstić information content (AvgIpc) is 2.25. The second-order valence-corrected chi connectivity index (χ2v) is 4.01. The Morgan fingerprint density at radius 1 is 1.00 bits per heavy atom. The summed E-state index contributed by atoms with van der Waals surface area (Å²) < 4.78 is 5.85. The molecule has 0 spiro atoms. The van der Waals surface area contributed by atoms with Gasteiger partial charge in [0.05, 0.1) is 0 Å². The molecule has 0 unspecified atom stereocenters. The molecule has 0 fully saturated rings. The number of hydrogen-bond donors (Lipinski definition) is 0. The van der Waals surface area contributed by atoms with E-state index in [1.807, 2.05) is 18.2 Å². The minimum atomic E-state index is 0.969. The molecule has 2 rings (SSSR count). The van der Waals surface area contributed by atoms with Gasteiger partial charge in [0.15, 0.2) is 0 Å². The zero-order valence-electron chi connectivity index (χ0n) is 9.29. The molecule has 0 aliphatic heterocycles. The summed E-state index contributed by atoms with van der Waals surface area (Å²) in [5.41, 5.74) is 2.61. The first-order valence-corrected chi connectivity index (χ1v) is 5.35. The summed E-state index contributed by atoms with van der Waals surface area (Å²) in [5, 5.41) is 0. The Hall–Kier alpha value is -1.50. The van der Waals surface area contributed by atoms with Crippen LogP contribution >= 0.6 is 0 Å². The first-order chi connectivity index (χ1) is 7.25. The van der Waals surface area contributed by atoms with E-state index in [-0.39, 0.29) is 0 Å². The van der Waals surface area contributed by atoms with Gasteiger partial charge in [-0.05, 0) is 38.0 Å². The number of allylic oxidation sites excluding steroid dienone is 4. The predicted octanol–water partition coefficient (Wildman–Crippen LogP) is 4.00. The molecule has 78 valence electrons. The lowest BCUT2D eigenvalue weighted by Gasteiger charge is -2.14. The Bertz CT molecular complexity index is 413. The van der Waals surface area contributed by atoms with Gasteiger partial charge in [0.2, 0.25) is 0 Å². The van der Waals surface area contributed by atoms with Gasteiger partial charge in [-0.25, -0.2) is 0 Å². The van der Waals surface area contributed by atoms with Gasteiger partial charge in [-0.2, -0.15) is 0 Å². The molecule has 0 aromatic heterocycles. The standard InChI is InChI=1S/C14H16O/c1-11-7-9-13(10-8-11)15-14-6-4-3-5-12(14)2/h3-7,9H,8,10H2,1-2H3. The normalized spacial score (nSPS) is 15.6. The van der Waals surface area contributed by atoms with Crippen LogP contribution in [0.5, 0.6) is 5.75 Å². The van der Waals surface area contributed by atoms with E-state index in [0.29, 0.717) is 0 Å². The molecule has 0 saturated carbocycles. The van der Waals surface area contributed by atoms with Gasteiger partial charge >= 0.3 is 0 Å². The van der Waals surface area contributed by atoms with Gasteiger partial charge in [0, 0.05) is 6.42 Å². The number of hydrogen-bond acceptors (Lipinski definition) is 1. The lowest BCUT2D eigenvalue weighted by Crippen LogP contribution is -2.00. The molecule has 0 atom stereocenters. The summed E-state index contributed by atoms with van der Waals surface area (Å²) in [7, 11) is 0. The third kappa shape index (κ3) is 2.50. The van der Waals surface area contributed by atoms with Crippen molar-refractivity contribution < 1.29 is 4.74 Å². The molecule has 0 saturated heterocycles. The number of rotatable bonds is 2. The number of benzene rings is 1. The van der Waals surface area contributed by atoms with E-state index in [4.69, 9.17) is 4.74 Å². The fraction of sp³-hybridized carbons (Fsp3) is 0.286. The summed E-state index contributed by atoms with van der Waals surface area (Å²) in [6.45, 7) is 4.22. The molecule has 1 aromatic rings. The van der Waals surface area contributed by atoms with Crippen LogP contribution in [0.1, 0.15) is 25.3 Å². The molecular formula is C14H16O. The van der Waals surface area contributed by atoms with E-state index in [1.165, 1.54) is 11.1 Å². The Morgan fingerprint density at radius 3 is 2.47 bits per heavy atom. The predicted molar refractivity (Wildman–Crippen MR) is 62.9 cm³/mol. The number of para-hydroxylation sites is 1. The van der Waals surface area contributed by atoms with E-state index in [9.17, 15) is 0 Å². The molecule has 1 aromatic carbocycles. The van der Waals surface area contributed by atoms with Gasteiger partial charge in [-0.1, -0.05) is 29.8 Å². The van der Waals surface area contributed by atoms with E-state index >= 15 is 0 Å². The third-order valence-electron chi connectivity index (χ3n) is 2.65. The molecule has 15 heavy (non-hydrogen) atoms. The van der Waals surface area contributed by atoms with Crippen LogP contribution in [0.4, 0.5) is 0 Å². The number of aryl methyl sites for hydroxylation is 1. The molecule has 1 heteroatoms. The van der Waals surface area contributed by atoms with Crippen LogP contribution in [0.2, 0.25) is 0 Å². The summed E-state index contributed by atoms with van der Waals surface area (Å²) in [4.78, 5) is 0. The van der Waals surface area contributed by atoms with Gasteiger partial charge in [0.1, 0.15) is 11.5 Å². The fourth-order valence-electron chi connectivity index (χ4n) is 1.62. The zero-order chi connectivity index (χ0) is 10.7. The minimum Gasteiger partial charge on any atom is -0.461 e. The summed E-state index contributed by atoms with van der Waals surface area (Å²) >= 11 is 0. The topological polar surface area (TPSA) is 9.23 Å². The first-order valence-electron chi connectivity index (χ1n) is 5.35. The van der Waals surface area contributed by atoms with Gasteiger partial charge in [-0.15, -0.1) is 0 Å².